The largest absolute Gasteiger partial charge is 0.456 e. The van der Waals surface area contributed by atoms with Gasteiger partial charge in [-0.2, -0.15) is 0 Å². The van der Waals surface area contributed by atoms with Gasteiger partial charge in [0.15, 0.2) is 0 Å². The molecule has 0 fully saturated rings. The van der Waals surface area contributed by atoms with E-state index >= 15 is 0 Å². The second kappa shape index (κ2) is 13.2. The summed E-state index contributed by atoms with van der Waals surface area (Å²) < 4.78 is 6.44. The summed E-state index contributed by atoms with van der Waals surface area (Å²) >= 11 is 0. The van der Waals surface area contributed by atoms with Gasteiger partial charge in [0, 0.05) is 27.7 Å². The van der Waals surface area contributed by atoms with Crippen LogP contribution in [0.3, 0.4) is 0 Å². The first-order valence-corrected chi connectivity index (χ1v) is 19.2. The van der Waals surface area contributed by atoms with Gasteiger partial charge in [0.05, 0.1) is 5.69 Å². The molecule has 10 aromatic carbocycles. The van der Waals surface area contributed by atoms with Gasteiger partial charge in [-0.1, -0.05) is 146 Å². The number of hydrogen-bond acceptors (Lipinski definition) is 2. The molecule has 2 heteroatoms. The van der Waals surface area contributed by atoms with E-state index in [0.29, 0.717) is 0 Å². The fourth-order valence-corrected chi connectivity index (χ4v) is 8.43. The van der Waals surface area contributed by atoms with Crippen LogP contribution in [0.25, 0.3) is 87.6 Å². The van der Waals surface area contributed by atoms with Gasteiger partial charge in [-0.05, 0) is 127 Å². The minimum Gasteiger partial charge on any atom is -0.456 e. The van der Waals surface area contributed by atoms with Gasteiger partial charge in [-0.3, -0.25) is 0 Å². The van der Waals surface area contributed by atoms with Crippen molar-refractivity contribution in [3.05, 3.63) is 212 Å². The molecule has 0 saturated heterocycles. The van der Waals surface area contributed by atoms with Gasteiger partial charge in [0.1, 0.15) is 11.2 Å². The lowest BCUT2D eigenvalue weighted by atomic mass is 9.94. The maximum Gasteiger partial charge on any atom is 0.136 e. The van der Waals surface area contributed by atoms with E-state index in [0.717, 1.165) is 50.1 Å². The van der Waals surface area contributed by atoms with E-state index < -0.39 is 0 Å². The molecular formula is C54H35NO. The average Bonchev–Trinajstić information content (AvgIpc) is 3.63. The van der Waals surface area contributed by atoms with Crippen molar-refractivity contribution in [2.45, 2.75) is 0 Å². The monoisotopic (exact) mass is 713 g/mol. The number of nitrogens with zero attached hydrogens (tertiary/aromatic N) is 1. The van der Waals surface area contributed by atoms with E-state index in [9.17, 15) is 0 Å². The van der Waals surface area contributed by atoms with Crippen LogP contribution in [0.4, 0.5) is 17.1 Å². The molecule has 0 spiro atoms. The van der Waals surface area contributed by atoms with Crippen LogP contribution in [0.1, 0.15) is 0 Å². The zero-order chi connectivity index (χ0) is 37.0. The molecule has 0 aliphatic heterocycles. The third kappa shape index (κ3) is 5.51. The van der Waals surface area contributed by atoms with Crippen LogP contribution in [0.2, 0.25) is 0 Å². The van der Waals surface area contributed by atoms with Crippen molar-refractivity contribution in [1.82, 2.24) is 0 Å². The van der Waals surface area contributed by atoms with Crippen molar-refractivity contribution in [1.29, 1.82) is 0 Å². The lowest BCUT2D eigenvalue weighted by Gasteiger charge is -2.28. The van der Waals surface area contributed by atoms with Gasteiger partial charge in [-0.15, -0.1) is 0 Å². The van der Waals surface area contributed by atoms with Crippen LogP contribution in [0.5, 0.6) is 0 Å². The topological polar surface area (TPSA) is 16.4 Å². The predicted octanol–water partition coefficient (Wildman–Crippen LogP) is 15.5. The second-order valence-corrected chi connectivity index (χ2v) is 14.6. The lowest BCUT2D eigenvalue weighted by Crippen LogP contribution is -2.11. The number of fused-ring (bicyclic) bond motifs is 6. The molecule has 0 radical (unpaired) electrons. The molecule has 0 N–H and O–H groups in total. The molecular weight excluding hydrogens is 679 g/mol. The van der Waals surface area contributed by atoms with Crippen LogP contribution < -0.4 is 4.90 Å². The first kappa shape index (κ1) is 32.0. The van der Waals surface area contributed by atoms with Crippen molar-refractivity contribution in [2.24, 2.45) is 0 Å². The first-order chi connectivity index (χ1) is 27.7. The number of furan rings is 1. The summed E-state index contributed by atoms with van der Waals surface area (Å²) in [5, 5.41) is 9.56. The van der Waals surface area contributed by atoms with Crippen LogP contribution >= 0.6 is 0 Å². The Kier molecular flexibility index (Phi) is 7.53. The van der Waals surface area contributed by atoms with Crippen molar-refractivity contribution >= 4 is 71.3 Å². The lowest BCUT2D eigenvalue weighted by molar-refractivity contribution is 0.669. The van der Waals surface area contributed by atoms with E-state index in [1.807, 2.05) is 0 Å². The summed E-state index contributed by atoms with van der Waals surface area (Å²) in [5.74, 6) is 0. The molecule has 0 amide bonds. The number of anilines is 3. The highest BCUT2D eigenvalue weighted by Crippen LogP contribution is 2.45. The van der Waals surface area contributed by atoms with Crippen molar-refractivity contribution < 1.29 is 4.42 Å². The molecule has 0 bridgehead atoms. The number of para-hydroxylation sites is 1. The standard InChI is InChI=1S/C54H35NO/c1-2-20-46(21-3-1)55(47-28-26-37(27-29-47)48-22-11-23-52-54(48)50-33-41-15-7-9-17-43(41)35-53(50)56-52)51-34-42-16-8-6-14-40(42)32-49(51)45-19-10-18-39(31-45)44-25-24-36-12-4-5-13-38(36)30-44/h1-35H. The van der Waals surface area contributed by atoms with Crippen molar-refractivity contribution in [3.8, 4) is 33.4 Å². The summed E-state index contributed by atoms with van der Waals surface area (Å²) in [6, 6.07) is 76.6. The fourth-order valence-electron chi connectivity index (χ4n) is 8.43. The van der Waals surface area contributed by atoms with E-state index in [1.165, 1.54) is 54.6 Å². The van der Waals surface area contributed by atoms with Crippen molar-refractivity contribution in [3.63, 3.8) is 0 Å². The van der Waals surface area contributed by atoms with Gasteiger partial charge in [-0.25, -0.2) is 0 Å². The van der Waals surface area contributed by atoms with E-state index in [2.05, 4.69) is 217 Å². The average molecular weight is 714 g/mol. The number of hydrogen-bond donors (Lipinski definition) is 0. The van der Waals surface area contributed by atoms with Crippen LogP contribution in [-0.2, 0) is 0 Å². The summed E-state index contributed by atoms with van der Waals surface area (Å²) in [5.41, 5.74) is 12.1. The Balaban J connectivity index is 1.07. The molecule has 56 heavy (non-hydrogen) atoms. The summed E-state index contributed by atoms with van der Waals surface area (Å²) in [6.45, 7) is 0. The van der Waals surface area contributed by atoms with E-state index in [1.54, 1.807) is 0 Å². The molecule has 0 atom stereocenters. The highest BCUT2D eigenvalue weighted by Gasteiger charge is 2.20. The van der Waals surface area contributed by atoms with Gasteiger partial charge < -0.3 is 9.32 Å². The molecule has 262 valence electrons. The van der Waals surface area contributed by atoms with Gasteiger partial charge in [0.2, 0.25) is 0 Å². The van der Waals surface area contributed by atoms with E-state index in [4.69, 9.17) is 4.42 Å². The molecule has 0 saturated carbocycles. The molecule has 11 rings (SSSR count). The maximum absolute atomic E-state index is 6.44. The Bertz CT molecular complexity index is 3250. The minimum absolute atomic E-state index is 0.898. The van der Waals surface area contributed by atoms with Crippen LogP contribution in [0, 0.1) is 0 Å². The SMILES string of the molecule is c1ccc(N(c2ccc(-c3cccc4oc5cc6ccccc6cc5c34)cc2)c2cc3ccccc3cc2-c2cccc(-c3ccc4ccccc4c3)c2)cc1. The van der Waals surface area contributed by atoms with Crippen molar-refractivity contribution in [2.75, 3.05) is 4.90 Å². The molecule has 0 aliphatic carbocycles. The zero-order valence-electron chi connectivity index (χ0n) is 30.6. The number of rotatable bonds is 6. The number of benzene rings is 10. The summed E-state index contributed by atoms with van der Waals surface area (Å²) in [7, 11) is 0. The van der Waals surface area contributed by atoms with E-state index in [-0.39, 0.29) is 0 Å². The third-order valence-electron chi connectivity index (χ3n) is 11.2. The fraction of sp³-hybridized carbons (Fsp3) is 0. The normalized spacial score (nSPS) is 11.6. The van der Waals surface area contributed by atoms with Gasteiger partial charge in [0.25, 0.3) is 0 Å². The Morgan fingerprint density at radius 1 is 0.304 bits per heavy atom. The van der Waals surface area contributed by atoms with Crippen LogP contribution in [-0.4, -0.2) is 0 Å². The third-order valence-corrected chi connectivity index (χ3v) is 11.2. The molecule has 2 nitrogen and oxygen atoms in total. The molecule has 0 unspecified atom stereocenters. The predicted molar refractivity (Wildman–Crippen MR) is 237 cm³/mol. The minimum atomic E-state index is 0.898. The molecule has 11 aromatic rings. The highest BCUT2D eigenvalue weighted by atomic mass is 16.3. The first-order valence-electron chi connectivity index (χ1n) is 19.2. The van der Waals surface area contributed by atoms with Crippen LogP contribution in [0.15, 0.2) is 217 Å². The zero-order valence-corrected chi connectivity index (χ0v) is 30.6. The molecule has 0 aliphatic rings. The summed E-state index contributed by atoms with van der Waals surface area (Å²) in [6.07, 6.45) is 0. The second-order valence-electron chi connectivity index (χ2n) is 14.6. The highest BCUT2D eigenvalue weighted by molar-refractivity contribution is 6.15. The Labute approximate surface area is 325 Å². The quantitative estimate of drug-likeness (QED) is 0.171. The maximum atomic E-state index is 6.44. The molecule has 1 heterocycles. The van der Waals surface area contributed by atoms with Gasteiger partial charge >= 0.3 is 0 Å². The Morgan fingerprint density at radius 3 is 1.64 bits per heavy atom. The Morgan fingerprint density at radius 2 is 0.875 bits per heavy atom. The summed E-state index contributed by atoms with van der Waals surface area (Å²) in [4.78, 5) is 2.40. The molecule has 1 aromatic heterocycles. The smallest absolute Gasteiger partial charge is 0.136 e. The Hall–Kier alpha value is -7.42.